The number of carbonyl (C=O) groups is 1. The van der Waals surface area contributed by atoms with Crippen LogP contribution in [0.4, 0.5) is 19.0 Å². The minimum Gasteiger partial charge on any atom is -0.335 e. The first-order chi connectivity index (χ1) is 10.7. The number of thioether (sulfide) groups is 1. The Balaban J connectivity index is 1.97. The Hall–Kier alpha value is -2.24. The predicted molar refractivity (Wildman–Crippen MR) is 77.1 cm³/mol. The first kappa shape index (κ1) is 17.1. The van der Waals surface area contributed by atoms with E-state index in [0.717, 1.165) is 11.8 Å². The van der Waals surface area contributed by atoms with E-state index in [1.165, 1.54) is 6.20 Å². The lowest BCUT2D eigenvalue weighted by Gasteiger charge is -2.11. The van der Waals surface area contributed by atoms with Crippen molar-refractivity contribution in [1.82, 2.24) is 24.7 Å². The molecule has 0 atom stereocenters. The molecule has 23 heavy (non-hydrogen) atoms. The highest BCUT2D eigenvalue weighted by Gasteiger charge is 2.38. The number of nitrogens with zero attached hydrogens (tertiary/aromatic N) is 5. The van der Waals surface area contributed by atoms with Gasteiger partial charge < -0.3 is 11.2 Å². The van der Waals surface area contributed by atoms with Crippen LogP contribution in [0.1, 0.15) is 25.7 Å². The van der Waals surface area contributed by atoms with Crippen molar-refractivity contribution in [1.29, 1.82) is 0 Å². The van der Waals surface area contributed by atoms with Gasteiger partial charge in [0, 0.05) is 12.1 Å². The Bertz CT molecular complexity index is 694. The van der Waals surface area contributed by atoms with E-state index in [4.69, 9.17) is 5.84 Å². The number of anilines is 1. The zero-order valence-electron chi connectivity index (χ0n) is 12.2. The van der Waals surface area contributed by atoms with E-state index < -0.39 is 17.9 Å². The van der Waals surface area contributed by atoms with Crippen LogP contribution in [0.5, 0.6) is 0 Å². The Morgan fingerprint density at radius 1 is 1.43 bits per heavy atom. The van der Waals surface area contributed by atoms with Crippen molar-refractivity contribution in [3.63, 3.8) is 0 Å². The van der Waals surface area contributed by atoms with Gasteiger partial charge in [-0.2, -0.15) is 18.3 Å². The summed E-state index contributed by atoms with van der Waals surface area (Å²) in [5.74, 6) is 3.86. The summed E-state index contributed by atoms with van der Waals surface area (Å²) in [5.41, 5.74) is 0. The average Bonchev–Trinajstić information content (AvgIpc) is 3.02. The summed E-state index contributed by atoms with van der Waals surface area (Å²) < 4.78 is 39.5. The molecule has 0 bridgehead atoms. The monoisotopic (exact) mass is 349 g/mol. The minimum absolute atomic E-state index is 0.0504. The van der Waals surface area contributed by atoms with Gasteiger partial charge in [0.2, 0.25) is 11.1 Å². The summed E-state index contributed by atoms with van der Waals surface area (Å²) in [7, 11) is 0. The molecule has 0 aliphatic rings. The van der Waals surface area contributed by atoms with Crippen LogP contribution in [-0.2, 0) is 11.0 Å². The number of nitrogens with two attached hydrogens (primary N) is 1. The molecule has 1 amide bonds. The molecule has 0 unspecified atom stereocenters. The number of hydrogen-bond acceptors (Lipinski definition) is 6. The highest BCUT2D eigenvalue weighted by Crippen LogP contribution is 2.28. The second kappa shape index (κ2) is 6.48. The molecule has 0 aliphatic carbocycles. The normalized spacial score (nSPS) is 11.9. The standard InChI is InChI=1S/C11H14F3N7OS/c1-6(2)21-7(3-4-16-21)17-8(22)5-23-10-19-18-9(20(10)15)11(12,13)14/h3-4,6H,5,15H2,1-2H3,(H,17,22). The smallest absolute Gasteiger partial charge is 0.335 e. The fraction of sp³-hybridized carbons (Fsp3) is 0.455. The van der Waals surface area contributed by atoms with Crippen molar-refractivity contribution >= 4 is 23.5 Å². The van der Waals surface area contributed by atoms with Gasteiger partial charge in [0.25, 0.3) is 5.82 Å². The molecule has 0 saturated heterocycles. The van der Waals surface area contributed by atoms with Gasteiger partial charge in [0.1, 0.15) is 5.82 Å². The molecule has 8 nitrogen and oxygen atoms in total. The number of hydrogen-bond donors (Lipinski definition) is 2. The largest absolute Gasteiger partial charge is 0.453 e. The number of nitrogens with one attached hydrogen (secondary N) is 1. The summed E-state index contributed by atoms with van der Waals surface area (Å²) in [6, 6.07) is 1.67. The number of carbonyl (C=O) groups excluding carboxylic acids is 1. The molecule has 2 heterocycles. The van der Waals surface area contributed by atoms with Gasteiger partial charge in [0.05, 0.1) is 11.9 Å². The molecule has 2 aromatic rings. The van der Waals surface area contributed by atoms with E-state index in [9.17, 15) is 18.0 Å². The Morgan fingerprint density at radius 3 is 2.70 bits per heavy atom. The van der Waals surface area contributed by atoms with Gasteiger partial charge in [-0.15, -0.1) is 10.2 Å². The SMILES string of the molecule is CC(C)n1nccc1NC(=O)CSc1nnc(C(F)(F)F)n1N. The maximum atomic E-state index is 12.5. The number of aromatic nitrogens is 5. The number of rotatable bonds is 5. The molecular formula is C11H14F3N7OS. The summed E-state index contributed by atoms with van der Waals surface area (Å²) in [6.07, 6.45) is -3.17. The van der Waals surface area contributed by atoms with Gasteiger partial charge in [-0.1, -0.05) is 11.8 Å². The summed E-state index contributed by atoms with van der Waals surface area (Å²) in [4.78, 5) is 11.9. The zero-order chi connectivity index (χ0) is 17.2. The highest BCUT2D eigenvalue weighted by atomic mass is 32.2. The predicted octanol–water partition coefficient (Wildman–Crippen LogP) is 1.52. The Kier molecular flexibility index (Phi) is 4.82. The molecule has 2 aromatic heterocycles. The van der Waals surface area contributed by atoms with E-state index >= 15 is 0 Å². The molecule has 0 aromatic carbocycles. The number of amides is 1. The fourth-order valence-electron chi connectivity index (χ4n) is 1.70. The average molecular weight is 349 g/mol. The minimum atomic E-state index is -4.70. The molecule has 0 fully saturated rings. The van der Waals surface area contributed by atoms with Gasteiger partial charge in [-0.05, 0) is 13.8 Å². The molecular weight excluding hydrogens is 335 g/mol. The highest BCUT2D eigenvalue weighted by molar-refractivity contribution is 7.99. The third kappa shape index (κ3) is 3.94. The first-order valence-corrected chi connectivity index (χ1v) is 7.42. The van der Waals surface area contributed by atoms with Gasteiger partial charge in [0.15, 0.2) is 0 Å². The quantitative estimate of drug-likeness (QED) is 0.626. The number of halogens is 3. The van der Waals surface area contributed by atoms with Crippen molar-refractivity contribution in [3.05, 3.63) is 18.1 Å². The van der Waals surface area contributed by atoms with Gasteiger partial charge in [-0.3, -0.25) is 4.79 Å². The maximum absolute atomic E-state index is 12.5. The van der Waals surface area contributed by atoms with Crippen LogP contribution < -0.4 is 11.2 Å². The lowest BCUT2D eigenvalue weighted by molar-refractivity contribution is -0.146. The van der Waals surface area contributed by atoms with Crippen LogP contribution in [0.25, 0.3) is 0 Å². The summed E-state index contributed by atoms with van der Waals surface area (Å²) in [5, 5.41) is 12.8. The number of nitrogen functional groups attached to an aromatic ring is 1. The van der Waals surface area contributed by atoms with E-state index in [-0.39, 0.29) is 17.0 Å². The third-order valence-corrected chi connectivity index (χ3v) is 3.62. The lowest BCUT2D eigenvalue weighted by Crippen LogP contribution is -2.22. The van der Waals surface area contributed by atoms with Crippen LogP contribution in [0.2, 0.25) is 0 Å². The van der Waals surface area contributed by atoms with Crippen molar-refractivity contribution in [2.45, 2.75) is 31.2 Å². The first-order valence-electron chi connectivity index (χ1n) is 6.44. The Labute approximate surface area is 133 Å². The topological polar surface area (TPSA) is 104 Å². The second-order valence-electron chi connectivity index (χ2n) is 4.77. The van der Waals surface area contributed by atoms with Crippen LogP contribution in [0.15, 0.2) is 17.4 Å². The molecule has 3 N–H and O–H groups in total. The fourth-order valence-corrected chi connectivity index (χ4v) is 2.36. The van der Waals surface area contributed by atoms with Crippen LogP contribution in [-0.4, -0.2) is 36.3 Å². The van der Waals surface area contributed by atoms with Crippen molar-refractivity contribution in [2.75, 3.05) is 16.9 Å². The lowest BCUT2D eigenvalue weighted by atomic mass is 10.4. The van der Waals surface area contributed by atoms with Gasteiger partial charge >= 0.3 is 6.18 Å². The van der Waals surface area contributed by atoms with Crippen molar-refractivity contribution < 1.29 is 18.0 Å². The van der Waals surface area contributed by atoms with Crippen LogP contribution in [0.3, 0.4) is 0 Å². The second-order valence-corrected chi connectivity index (χ2v) is 5.71. The molecule has 2 rings (SSSR count). The Morgan fingerprint density at radius 2 is 2.13 bits per heavy atom. The molecule has 0 radical (unpaired) electrons. The summed E-state index contributed by atoms with van der Waals surface area (Å²) >= 11 is 0.751. The van der Waals surface area contributed by atoms with E-state index in [1.54, 1.807) is 10.7 Å². The summed E-state index contributed by atoms with van der Waals surface area (Å²) in [6.45, 7) is 3.79. The molecule has 0 aliphatic heterocycles. The zero-order valence-corrected chi connectivity index (χ0v) is 13.0. The van der Waals surface area contributed by atoms with Crippen LogP contribution >= 0.6 is 11.8 Å². The maximum Gasteiger partial charge on any atom is 0.453 e. The van der Waals surface area contributed by atoms with E-state index in [2.05, 4.69) is 20.6 Å². The molecule has 0 saturated carbocycles. The molecule has 12 heteroatoms. The van der Waals surface area contributed by atoms with E-state index in [1.807, 2.05) is 13.8 Å². The molecule has 126 valence electrons. The van der Waals surface area contributed by atoms with E-state index in [0.29, 0.717) is 10.5 Å². The number of alkyl halides is 3. The third-order valence-electron chi connectivity index (χ3n) is 2.68. The van der Waals surface area contributed by atoms with Gasteiger partial charge in [-0.25, -0.2) is 9.36 Å². The molecule has 0 spiro atoms. The van der Waals surface area contributed by atoms with Crippen molar-refractivity contribution in [3.8, 4) is 0 Å². The van der Waals surface area contributed by atoms with Crippen molar-refractivity contribution in [2.24, 2.45) is 0 Å². The van der Waals surface area contributed by atoms with Crippen LogP contribution in [0, 0.1) is 0 Å².